The molecule has 16 heavy (non-hydrogen) atoms. The summed E-state index contributed by atoms with van der Waals surface area (Å²) in [7, 11) is 0. The number of hydrogen-bond acceptors (Lipinski definition) is 3. The van der Waals surface area contributed by atoms with Crippen LogP contribution in [0.3, 0.4) is 0 Å². The van der Waals surface area contributed by atoms with E-state index in [0.717, 1.165) is 18.4 Å². The van der Waals surface area contributed by atoms with Gasteiger partial charge in [0, 0.05) is 25.8 Å². The van der Waals surface area contributed by atoms with E-state index >= 15 is 0 Å². The van der Waals surface area contributed by atoms with E-state index in [2.05, 4.69) is 29.8 Å². The molecule has 1 aliphatic rings. The second kappa shape index (κ2) is 4.83. The Morgan fingerprint density at radius 1 is 1.31 bits per heavy atom. The smallest absolute Gasteiger partial charge is 0.123 e. The van der Waals surface area contributed by atoms with E-state index in [9.17, 15) is 0 Å². The maximum absolute atomic E-state index is 5.58. The SMILES string of the molecule is CC1CC(C)CN(Cc2ccc(N)nc2)C1. The van der Waals surface area contributed by atoms with Gasteiger partial charge in [-0.25, -0.2) is 4.98 Å². The van der Waals surface area contributed by atoms with E-state index in [4.69, 9.17) is 5.73 Å². The van der Waals surface area contributed by atoms with Crippen molar-refractivity contribution < 1.29 is 0 Å². The minimum atomic E-state index is 0.601. The molecule has 3 heteroatoms. The zero-order chi connectivity index (χ0) is 11.5. The van der Waals surface area contributed by atoms with E-state index < -0.39 is 0 Å². The third-order valence-electron chi connectivity index (χ3n) is 3.20. The van der Waals surface area contributed by atoms with E-state index in [1.165, 1.54) is 25.1 Å². The van der Waals surface area contributed by atoms with Gasteiger partial charge in [0.2, 0.25) is 0 Å². The van der Waals surface area contributed by atoms with Crippen LogP contribution in [0.1, 0.15) is 25.8 Å². The lowest BCUT2D eigenvalue weighted by Gasteiger charge is -2.34. The van der Waals surface area contributed by atoms with E-state index in [-0.39, 0.29) is 0 Å². The summed E-state index contributed by atoms with van der Waals surface area (Å²) in [5.41, 5.74) is 6.84. The fourth-order valence-electron chi connectivity index (χ4n) is 2.71. The predicted octanol–water partition coefficient (Wildman–Crippen LogP) is 2.14. The highest BCUT2D eigenvalue weighted by molar-refractivity contribution is 5.29. The molecule has 2 atom stereocenters. The fraction of sp³-hybridized carbons (Fsp3) is 0.615. The van der Waals surface area contributed by atoms with Crippen LogP contribution in [0.4, 0.5) is 5.82 Å². The van der Waals surface area contributed by atoms with Crippen molar-refractivity contribution in [2.75, 3.05) is 18.8 Å². The first-order valence-electron chi connectivity index (χ1n) is 6.06. The van der Waals surface area contributed by atoms with Crippen molar-refractivity contribution in [1.29, 1.82) is 0 Å². The molecule has 1 fully saturated rings. The van der Waals surface area contributed by atoms with Crippen molar-refractivity contribution in [3.8, 4) is 0 Å². The Balaban J connectivity index is 1.96. The Morgan fingerprint density at radius 3 is 2.56 bits per heavy atom. The minimum absolute atomic E-state index is 0.601. The first-order chi connectivity index (χ1) is 7.63. The highest BCUT2D eigenvalue weighted by atomic mass is 15.1. The number of anilines is 1. The van der Waals surface area contributed by atoms with Crippen LogP contribution in [0.15, 0.2) is 18.3 Å². The lowest BCUT2D eigenvalue weighted by molar-refractivity contribution is 0.134. The summed E-state index contributed by atoms with van der Waals surface area (Å²) >= 11 is 0. The molecule has 3 nitrogen and oxygen atoms in total. The second-order valence-electron chi connectivity index (χ2n) is 5.23. The van der Waals surface area contributed by atoms with E-state index in [1.807, 2.05) is 12.3 Å². The molecule has 0 aliphatic carbocycles. The van der Waals surface area contributed by atoms with Crippen LogP contribution in [-0.4, -0.2) is 23.0 Å². The highest BCUT2D eigenvalue weighted by Gasteiger charge is 2.21. The fourth-order valence-corrected chi connectivity index (χ4v) is 2.71. The monoisotopic (exact) mass is 219 g/mol. The van der Waals surface area contributed by atoms with Crippen LogP contribution in [0.25, 0.3) is 0 Å². The Kier molecular flexibility index (Phi) is 3.44. The summed E-state index contributed by atoms with van der Waals surface area (Å²) in [5.74, 6) is 2.22. The topological polar surface area (TPSA) is 42.1 Å². The molecule has 0 saturated carbocycles. The summed E-state index contributed by atoms with van der Waals surface area (Å²) in [6.07, 6.45) is 3.25. The first-order valence-corrected chi connectivity index (χ1v) is 6.06. The van der Waals surface area contributed by atoms with Crippen LogP contribution in [0.5, 0.6) is 0 Å². The Morgan fingerprint density at radius 2 is 2.00 bits per heavy atom. The molecular weight excluding hydrogens is 198 g/mol. The third kappa shape index (κ3) is 2.95. The van der Waals surface area contributed by atoms with Gasteiger partial charge >= 0.3 is 0 Å². The van der Waals surface area contributed by atoms with Gasteiger partial charge in [-0.3, -0.25) is 4.90 Å². The zero-order valence-corrected chi connectivity index (χ0v) is 10.2. The number of nitrogen functional groups attached to an aromatic ring is 1. The number of piperidine rings is 1. The van der Waals surface area contributed by atoms with Gasteiger partial charge in [-0.1, -0.05) is 19.9 Å². The molecule has 0 radical (unpaired) electrons. The summed E-state index contributed by atoms with van der Waals surface area (Å²) in [4.78, 5) is 6.65. The molecule has 0 aromatic carbocycles. The van der Waals surface area contributed by atoms with Gasteiger partial charge in [-0.2, -0.15) is 0 Å². The molecule has 2 N–H and O–H groups in total. The van der Waals surface area contributed by atoms with Crippen molar-refractivity contribution >= 4 is 5.82 Å². The maximum atomic E-state index is 5.58. The van der Waals surface area contributed by atoms with Crippen molar-refractivity contribution in [3.05, 3.63) is 23.9 Å². The van der Waals surface area contributed by atoms with Gasteiger partial charge < -0.3 is 5.73 Å². The van der Waals surface area contributed by atoms with Crippen LogP contribution in [0, 0.1) is 11.8 Å². The lowest BCUT2D eigenvalue weighted by atomic mass is 9.92. The number of nitrogens with two attached hydrogens (primary N) is 1. The largest absolute Gasteiger partial charge is 0.384 e. The molecule has 1 aromatic rings. The van der Waals surface area contributed by atoms with Gasteiger partial charge in [0.15, 0.2) is 0 Å². The van der Waals surface area contributed by atoms with Crippen molar-refractivity contribution in [2.24, 2.45) is 11.8 Å². The van der Waals surface area contributed by atoms with E-state index in [1.54, 1.807) is 0 Å². The number of aromatic nitrogens is 1. The maximum Gasteiger partial charge on any atom is 0.123 e. The van der Waals surface area contributed by atoms with Crippen molar-refractivity contribution in [2.45, 2.75) is 26.8 Å². The molecule has 1 aromatic heterocycles. The molecule has 88 valence electrons. The lowest BCUT2D eigenvalue weighted by Crippen LogP contribution is -2.38. The molecule has 2 unspecified atom stereocenters. The average Bonchev–Trinajstić information content (AvgIpc) is 2.20. The predicted molar refractivity (Wildman–Crippen MR) is 66.9 cm³/mol. The molecule has 1 saturated heterocycles. The number of likely N-dealkylation sites (tertiary alicyclic amines) is 1. The number of hydrogen-bond donors (Lipinski definition) is 1. The van der Waals surface area contributed by atoms with Gasteiger partial charge in [-0.15, -0.1) is 0 Å². The summed E-state index contributed by atoms with van der Waals surface area (Å²) in [6.45, 7) is 8.08. The highest BCUT2D eigenvalue weighted by Crippen LogP contribution is 2.22. The zero-order valence-electron chi connectivity index (χ0n) is 10.2. The quantitative estimate of drug-likeness (QED) is 0.828. The molecule has 0 amide bonds. The van der Waals surface area contributed by atoms with Crippen molar-refractivity contribution in [1.82, 2.24) is 9.88 Å². The Bertz CT molecular complexity index is 324. The standard InChI is InChI=1S/C13H21N3/c1-10-5-11(2)8-16(7-10)9-12-3-4-13(14)15-6-12/h3-4,6,10-11H,5,7-9H2,1-2H3,(H2,14,15). The number of nitrogens with zero attached hydrogens (tertiary/aromatic N) is 2. The third-order valence-corrected chi connectivity index (χ3v) is 3.20. The van der Waals surface area contributed by atoms with Crippen LogP contribution < -0.4 is 5.73 Å². The first kappa shape index (κ1) is 11.4. The summed E-state index contributed by atoms with van der Waals surface area (Å²) in [6, 6.07) is 3.96. The number of pyridine rings is 1. The van der Waals surface area contributed by atoms with Crippen LogP contribution in [0.2, 0.25) is 0 Å². The molecular formula is C13H21N3. The molecule has 0 bridgehead atoms. The van der Waals surface area contributed by atoms with Gasteiger partial charge in [0.1, 0.15) is 5.82 Å². The molecule has 2 heterocycles. The van der Waals surface area contributed by atoms with Crippen molar-refractivity contribution in [3.63, 3.8) is 0 Å². The van der Waals surface area contributed by atoms with Gasteiger partial charge in [0.05, 0.1) is 0 Å². The molecule has 1 aliphatic heterocycles. The average molecular weight is 219 g/mol. The molecule has 2 rings (SSSR count). The van der Waals surface area contributed by atoms with Crippen LogP contribution in [-0.2, 0) is 6.54 Å². The minimum Gasteiger partial charge on any atom is -0.384 e. The van der Waals surface area contributed by atoms with Gasteiger partial charge in [0.25, 0.3) is 0 Å². The summed E-state index contributed by atoms with van der Waals surface area (Å²) < 4.78 is 0. The van der Waals surface area contributed by atoms with Crippen LogP contribution >= 0.6 is 0 Å². The number of rotatable bonds is 2. The van der Waals surface area contributed by atoms with E-state index in [0.29, 0.717) is 5.82 Å². The normalized spacial score (nSPS) is 26.9. The Hall–Kier alpha value is -1.09. The summed E-state index contributed by atoms with van der Waals surface area (Å²) in [5, 5.41) is 0. The molecule has 0 spiro atoms. The second-order valence-corrected chi connectivity index (χ2v) is 5.23. The Labute approximate surface area is 97.7 Å². The van der Waals surface area contributed by atoms with Gasteiger partial charge in [-0.05, 0) is 29.9 Å².